The van der Waals surface area contributed by atoms with Gasteiger partial charge in [0, 0.05) is 35.4 Å². The van der Waals surface area contributed by atoms with E-state index in [9.17, 15) is 18.0 Å². The molecule has 4 aromatic rings. The van der Waals surface area contributed by atoms with Gasteiger partial charge in [-0.3, -0.25) is 9.78 Å². The van der Waals surface area contributed by atoms with E-state index in [4.69, 9.17) is 4.98 Å². The van der Waals surface area contributed by atoms with Crippen LogP contribution in [0.2, 0.25) is 0 Å². The van der Waals surface area contributed by atoms with Crippen LogP contribution in [0.3, 0.4) is 0 Å². The minimum atomic E-state index is -4.39. The highest BCUT2D eigenvalue weighted by atomic mass is 32.1. The van der Waals surface area contributed by atoms with Gasteiger partial charge < -0.3 is 5.32 Å². The van der Waals surface area contributed by atoms with Crippen molar-refractivity contribution in [1.29, 1.82) is 0 Å². The number of halogens is 3. The monoisotopic (exact) mass is 467 g/mol. The standard InChI is InChI=1S/C25H20F3N3OS/c1-16-4-9-21(30-23(32)11-17-5-7-20(8-6-17)25(26,27)28)12-19(16)13-24-31-22(15-33-24)18-3-2-10-29-14-18/h2-10,12,14-15H,11,13H2,1H3,(H,30,32). The third kappa shape index (κ3) is 5.84. The first-order valence-corrected chi connectivity index (χ1v) is 11.1. The Bertz CT molecular complexity index is 1250. The summed E-state index contributed by atoms with van der Waals surface area (Å²) in [5.74, 6) is -0.294. The molecule has 0 aliphatic rings. The Balaban J connectivity index is 1.42. The summed E-state index contributed by atoms with van der Waals surface area (Å²) in [6, 6.07) is 14.1. The van der Waals surface area contributed by atoms with Crippen molar-refractivity contribution in [2.75, 3.05) is 5.32 Å². The summed E-state index contributed by atoms with van der Waals surface area (Å²) in [5, 5.41) is 5.78. The minimum Gasteiger partial charge on any atom is -0.326 e. The number of carbonyl (C=O) groups excluding carboxylic acids is 1. The SMILES string of the molecule is Cc1ccc(NC(=O)Cc2ccc(C(F)(F)F)cc2)cc1Cc1nc(-c2cccnc2)cs1. The highest BCUT2D eigenvalue weighted by Gasteiger charge is 2.29. The summed E-state index contributed by atoms with van der Waals surface area (Å²) >= 11 is 1.57. The Kier molecular flexibility index (Phi) is 6.55. The molecule has 0 unspecified atom stereocenters. The number of pyridine rings is 1. The van der Waals surface area contributed by atoms with Crippen molar-refractivity contribution >= 4 is 22.9 Å². The second-order valence-electron chi connectivity index (χ2n) is 7.61. The lowest BCUT2D eigenvalue weighted by Crippen LogP contribution is -2.15. The number of anilines is 1. The van der Waals surface area contributed by atoms with Crippen LogP contribution in [-0.4, -0.2) is 15.9 Å². The van der Waals surface area contributed by atoms with Gasteiger partial charge in [0.05, 0.1) is 22.7 Å². The van der Waals surface area contributed by atoms with Crippen LogP contribution >= 0.6 is 11.3 Å². The third-order valence-corrected chi connectivity index (χ3v) is 5.98. The smallest absolute Gasteiger partial charge is 0.326 e. The lowest BCUT2D eigenvalue weighted by atomic mass is 10.0. The van der Waals surface area contributed by atoms with Crippen molar-refractivity contribution < 1.29 is 18.0 Å². The summed E-state index contributed by atoms with van der Waals surface area (Å²) in [4.78, 5) is 21.3. The van der Waals surface area contributed by atoms with Gasteiger partial charge in [0.25, 0.3) is 0 Å². The normalized spacial score (nSPS) is 11.4. The lowest BCUT2D eigenvalue weighted by Gasteiger charge is -2.10. The zero-order chi connectivity index (χ0) is 23.4. The molecule has 0 saturated heterocycles. The number of hydrogen-bond acceptors (Lipinski definition) is 4. The van der Waals surface area contributed by atoms with Gasteiger partial charge in [-0.1, -0.05) is 18.2 Å². The topological polar surface area (TPSA) is 54.9 Å². The number of nitrogens with one attached hydrogen (secondary N) is 1. The molecule has 0 aliphatic heterocycles. The summed E-state index contributed by atoms with van der Waals surface area (Å²) in [5.41, 5.74) is 4.37. The van der Waals surface area contributed by atoms with Crippen molar-refractivity contribution in [3.05, 3.63) is 99.6 Å². The van der Waals surface area contributed by atoms with E-state index >= 15 is 0 Å². The number of amides is 1. The third-order valence-electron chi connectivity index (χ3n) is 5.13. The van der Waals surface area contributed by atoms with E-state index in [-0.39, 0.29) is 12.3 Å². The zero-order valence-electron chi connectivity index (χ0n) is 17.7. The molecule has 0 radical (unpaired) electrons. The average molecular weight is 468 g/mol. The van der Waals surface area contributed by atoms with Crippen LogP contribution in [0.25, 0.3) is 11.3 Å². The van der Waals surface area contributed by atoms with Crippen LogP contribution in [-0.2, 0) is 23.8 Å². The van der Waals surface area contributed by atoms with Crippen molar-refractivity contribution in [1.82, 2.24) is 9.97 Å². The van der Waals surface area contributed by atoms with E-state index < -0.39 is 11.7 Å². The number of alkyl halides is 3. The van der Waals surface area contributed by atoms with E-state index in [2.05, 4.69) is 10.3 Å². The largest absolute Gasteiger partial charge is 0.416 e. The van der Waals surface area contributed by atoms with Gasteiger partial charge in [0.2, 0.25) is 5.91 Å². The van der Waals surface area contributed by atoms with Gasteiger partial charge in [-0.25, -0.2) is 4.98 Å². The molecule has 33 heavy (non-hydrogen) atoms. The van der Waals surface area contributed by atoms with E-state index in [0.717, 1.165) is 39.5 Å². The molecule has 4 nitrogen and oxygen atoms in total. The molecule has 2 aromatic carbocycles. The molecule has 0 atom stereocenters. The molecule has 1 N–H and O–H groups in total. The number of thiazole rings is 1. The van der Waals surface area contributed by atoms with Gasteiger partial charge >= 0.3 is 6.18 Å². The van der Waals surface area contributed by atoms with E-state index in [0.29, 0.717) is 17.7 Å². The number of aromatic nitrogens is 2. The molecule has 168 valence electrons. The number of aryl methyl sites for hydroxylation is 1. The average Bonchev–Trinajstić information content (AvgIpc) is 3.25. The maximum atomic E-state index is 12.7. The maximum Gasteiger partial charge on any atom is 0.416 e. The van der Waals surface area contributed by atoms with Crippen LogP contribution < -0.4 is 5.32 Å². The maximum absolute atomic E-state index is 12.7. The van der Waals surface area contributed by atoms with Gasteiger partial charge in [-0.05, 0) is 60.0 Å². The van der Waals surface area contributed by atoms with E-state index in [1.165, 1.54) is 12.1 Å². The molecule has 8 heteroatoms. The Morgan fingerprint density at radius 2 is 1.88 bits per heavy atom. The molecule has 2 heterocycles. The van der Waals surface area contributed by atoms with Crippen LogP contribution in [0.15, 0.2) is 72.4 Å². The minimum absolute atomic E-state index is 0.0116. The first-order valence-electron chi connectivity index (χ1n) is 10.2. The van der Waals surface area contributed by atoms with Gasteiger partial charge in [-0.2, -0.15) is 13.2 Å². The molecular weight excluding hydrogens is 447 g/mol. The lowest BCUT2D eigenvalue weighted by molar-refractivity contribution is -0.137. The first-order chi connectivity index (χ1) is 15.8. The number of hydrogen-bond donors (Lipinski definition) is 1. The van der Waals surface area contributed by atoms with Gasteiger partial charge in [0.15, 0.2) is 0 Å². The molecule has 0 saturated carbocycles. The highest BCUT2D eigenvalue weighted by Crippen LogP contribution is 2.29. The molecule has 0 fully saturated rings. The van der Waals surface area contributed by atoms with Crippen molar-refractivity contribution in [3.8, 4) is 11.3 Å². The number of benzene rings is 2. The fourth-order valence-electron chi connectivity index (χ4n) is 3.34. The zero-order valence-corrected chi connectivity index (χ0v) is 18.5. The summed E-state index contributed by atoms with van der Waals surface area (Å²) in [7, 11) is 0. The molecule has 0 aliphatic carbocycles. The Morgan fingerprint density at radius 1 is 1.09 bits per heavy atom. The molecule has 0 bridgehead atoms. The van der Waals surface area contributed by atoms with Gasteiger partial charge in [-0.15, -0.1) is 11.3 Å². The molecule has 2 aromatic heterocycles. The predicted octanol–water partition coefficient (Wildman–Crippen LogP) is 6.30. The van der Waals surface area contributed by atoms with Crippen molar-refractivity contribution in [3.63, 3.8) is 0 Å². The Labute approximate surface area is 193 Å². The second kappa shape index (κ2) is 9.54. The van der Waals surface area contributed by atoms with Crippen LogP contribution in [0.5, 0.6) is 0 Å². The Morgan fingerprint density at radius 3 is 2.58 bits per heavy atom. The predicted molar refractivity (Wildman–Crippen MR) is 123 cm³/mol. The summed E-state index contributed by atoms with van der Waals surface area (Å²) < 4.78 is 38.1. The van der Waals surface area contributed by atoms with Crippen molar-refractivity contribution in [2.24, 2.45) is 0 Å². The van der Waals surface area contributed by atoms with E-state index in [1.807, 2.05) is 42.6 Å². The first kappa shape index (κ1) is 22.7. The quantitative estimate of drug-likeness (QED) is 0.362. The summed E-state index contributed by atoms with van der Waals surface area (Å²) in [6.07, 6.45) is -0.286. The Hall–Kier alpha value is -3.52. The number of rotatable bonds is 6. The van der Waals surface area contributed by atoms with Gasteiger partial charge in [0.1, 0.15) is 0 Å². The molecule has 4 rings (SSSR count). The fraction of sp³-hybridized carbons (Fsp3) is 0.160. The highest BCUT2D eigenvalue weighted by molar-refractivity contribution is 7.10. The number of nitrogens with zero attached hydrogens (tertiary/aromatic N) is 2. The molecule has 1 amide bonds. The molecule has 0 spiro atoms. The van der Waals surface area contributed by atoms with E-state index in [1.54, 1.807) is 23.7 Å². The van der Waals surface area contributed by atoms with Crippen LogP contribution in [0.4, 0.5) is 18.9 Å². The van der Waals surface area contributed by atoms with Crippen LogP contribution in [0, 0.1) is 6.92 Å². The molecular formula is C25H20F3N3OS. The second-order valence-corrected chi connectivity index (χ2v) is 8.55. The van der Waals surface area contributed by atoms with Crippen LogP contribution in [0.1, 0.15) is 27.3 Å². The van der Waals surface area contributed by atoms with Crippen molar-refractivity contribution in [2.45, 2.75) is 25.9 Å². The summed E-state index contributed by atoms with van der Waals surface area (Å²) in [6.45, 7) is 2.00. The number of carbonyl (C=O) groups is 1. The fourth-order valence-corrected chi connectivity index (χ4v) is 4.17.